The molecule has 0 radical (unpaired) electrons. The molecule has 34 heavy (non-hydrogen) atoms. The summed E-state index contributed by atoms with van der Waals surface area (Å²) in [5, 5.41) is 5.76. The molecule has 3 rings (SSSR count). The van der Waals surface area contributed by atoms with Crippen LogP contribution < -0.4 is 15.4 Å². The molecule has 1 aliphatic rings. The topological polar surface area (TPSA) is 105 Å². The van der Waals surface area contributed by atoms with Gasteiger partial charge in [-0.1, -0.05) is 17.7 Å². The van der Waals surface area contributed by atoms with Crippen molar-refractivity contribution in [1.29, 1.82) is 0 Å². The van der Waals surface area contributed by atoms with Gasteiger partial charge >= 0.3 is 0 Å². The fourth-order valence-corrected chi connectivity index (χ4v) is 5.52. The molecular weight excluding hydrogens is 454 g/mol. The van der Waals surface area contributed by atoms with Crippen molar-refractivity contribution in [2.45, 2.75) is 50.6 Å². The number of amides is 2. The monoisotopic (exact) mass is 487 g/mol. The lowest BCUT2D eigenvalue weighted by molar-refractivity contribution is -0.125. The highest BCUT2D eigenvalue weighted by Gasteiger charge is 2.36. The van der Waals surface area contributed by atoms with E-state index in [1.54, 1.807) is 55.6 Å². The second-order valence-electron chi connectivity index (χ2n) is 8.90. The van der Waals surface area contributed by atoms with Crippen molar-refractivity contribution in [3.8, 4) is 5.75 Å². The van der Waals surface area contributed by atoms with Gasteiger partial charge < -0.3 is 15.4 Å². The van der Waals surface area contributed by atoms with Gasteiger partial charge in [-0.05, 0) is 75.9 Å². The van der Waals surface area contributed by atoms with Gasteiger partial charge in [0.05, 0.1) is 12.0 Å². The summed E-state index contributed by atoms with van der Waals surface area (Å²) in [7, 11) is -2.06. The maximum absolute atomic E-state index is 13.0. The van der Waals surface area contributed by atoms with Gasteiger partial charge in [-0.3, -0.25) is 9.59 Å². The van der Waals surface area contributed by atoms with E-state index in [-0.39, 0.29) is 41.8 Å². The second-order valence-corrected chi connectivity index (χ2v) is 10.8. The van der Waals surface area contributed by atoms with Gasteiger partial charge in [0.15, 0.2) is 0 Å². The lowest BCUT2D eigenvalue weighted by Gasteiger charge is -2.35. The number of sulfonamides is 1. The molecule has 1 atom stereocenters. The number of carbonyl (C=O) groups is 2. The van der Waals surface area contributed by atoms with Crippen molar-refractivity contribution >= 4 is 21.8 Å². The summed E-state index contributed by atoms with van der Waals surface area (Å²) < 4.78 is 32.7. The van der Waals surface area contributed by atoms with Gasteiger partial charge in [-0.25, -0.2) is 8.42 Å². The van der Waals surface area contributed by atoms with Gasteiger partial charge in [-0.15, -0.1) is 0 Å². The van der Waals surface area contributed by atoms with Crippen molar-refractivity contribution in [3.05, 3.63) is 59.7 Å². The number of methoxy groups -OCH3 is 1. The van der Waals surface area contributed by atoms with Gasteiger partial charge in [0, 0.05) is 24.7 Å². The quantitative estimate of drug-likeness (QED) is 0.596. The Hall–Kier alpha value is -2.91. The molecule has 184 valence electrons. The SMILES string of the molecule is COc1ccc(C(=O)N[C@H](C(=O)NC(C)C)C2CCN(S(=O)(=O)c3ccc(C)cc3)CC2)cc1. The Balaban J connectivity index is 1.72. The van der Waals surface area contributed by atoms with Gasteiger partial charge in [0.2, 0.25) is 15.9 Å². The van der Waals surface area contributed by atoms with E-state index in [0.29, 0.717) is 24.2 Å². The third kappa shape index (κ3) is 6.15. The zero-order chi connectivity index (χ0) is 24.9. The van der Waals surface area contributed by atoms with Crippen LogP contribution in [0.5, 0.6) is 5.75 Å². The van der Waals surface area contributed by atoms with E-state index in [1.165, 1.54) is 4.31 Å². The van der Waals surface area contributed by atoms with Crippen molar-refractivity contribution in [2.24, 2.45) is 5.92 Å². The van der Waals surface area contributed by atoms with Crippen LogP contribution in [0.4, 0.5) is 0 Å². The van der Waals surface area contributed by atoms with Crippen LogP contribution in [0.3, 0.4) is 0 Å². The Morgan fingerprint density at radius 3 is 2.09 bits per heavy atom. The molecular formula is C25H33N3O5S. The van der Waals surface area contributed by atoms with Gasteiger partial charge in [0.25, 0.3) is 5.91 Å². The normalized spacial score (nSPS) is 16.1. The maximum Gasteiger partial charge on any atom is 0.251 e. The standard InChI is InChI=1S/C25H33N3O5S/c1-17(2)26-25(30)23(27-24(29)20-7-9-21(33-4)10-8-20)19-13-15-28(16-14-19)34(31,32)22-11-5-18(3)6-12-22/h5-12,17,19,23H,13-16H2,1-4H3,(H,26,30)(H,27,29)/t23-/m0/s1. The smallest absolute Gasteiger partial charge is 0.251 e. The van der Waals surface area contributed by atoms with Crippen LogP contribution in [0.2, 0.25) is 0 Å². The molecule has 2 N–H and O–H groups in total. The van der Waals surface area contributed by atoms with Crippen molar-refractivity contribution in [3.63, 3.8) is 0 Å². The minimum Gasteiger partial charge on any atom is -0.497 e. The number of hydrogen-bond donors (Lipinski definition) is 2. The van der Waals surface area contributed by atoms with Crippen LogP contribution in [0.25, 0.3) is 0 Å². The summed E-state index contributed by atoms with van der Waals surface area (Å²) in [6.07, 6.45) is 0.925. The highest BCUT2D eigenvalue weighted by molar-refractivity contribution is 7.89. The number of nitrogens with zero attached hydrogens (tertiary/aromatic N) is 1. The third-order valence-electron chi connectivity index (χ3n) is 5.98. The summed E-state index contributed by atoms with van der Waals surface area (Å²) in [5.41, 5.74) is 1.41. The molecule has 1 saturated heterocycles. The fourth-order valence-electron chi connectivity index (χ4n) is 4.05. The van der Waals surface area contributed by atoms with Crippen LogP contribution >= 0.6 is 0 Å². The number of rotatable bonds is 8. The number of aryl methyl sites for hydroxylation is 1. The molecule has 1 aliphatic heterocycles. The molecule has 2 amide bonds. The summed E-state index contributed by atoms with van der Waals surface area (Å²) in [6.45, 7) is 6.19. The lowest BCUT2D eigenvalue weighted by atomic mass is 9.89. The number of hydrogen-bond acceptors (Lipinski definition) is 5. The summed E-state index contributed by atoms with van der Waals surface area (Å²) in [6, 6.07) is 12.6. The van der Waals surface area contributed by atoms with E-state index < -0.39 is 16.1 Å². The molecule has 9 heteroatoms. The number of nitrogens with one attached hydrogen (secondary N) is 2. The molecule has 0 saturated carbocycles. The largest absolute Gasteiger partial charge is 0.497 e. The van der Waals surface area contributed by atoms with Crippen LogP contribution in [0.15, 0.2) is 53.4 Å². The maximum atomic E-state index is 13.0. The zero-order valence-electron chi connectivity index (χ0n) is 20.1. The predicted octanol–water partition coefficient (Wildman–Crippen LogP) is 2.73. The predicted molar refractivity (Wildman–Crippen MR) is 130 cm³/mol. The summed E-state index contributed by atoms with van der Waals surface area (Å²) in [4.78, 5) is 26.1. The molecule has 0 aliphatic carbocycles. The summed E-state index contributed by atoms with van der Waals surface area (Å²) >= 11 is 0. The molecule has 1 fully saturated rings. The summed E-state index contributed by atoms with van der Waals surface area (Å²) in [5.74, 6) is -0.184. The van der Waals surface area contributed by atoms with Gasteiger partial charge in [0.1, 0.15) is 11.8 Å². The van der Waals surface area contributed by atoms with Crippen LogP contribution in [0, 0.1) is 12.8 Å². The van der Waals surface area contributed by atoms with Crippen LogP contribution in [-0.2, 0) is 14.8 Å². The molecule has 2 aromatic rings. The van der Waals surface area contributed by atoms with E-state index in [9.17, 15) is 18.0 Å². The molecule has 2 aromatic carbocycles. The Labute approximate surface area is 201 Å². The first-order valence-electron chi connectivity index (χ1n) is 11.4. The fraction of sp³-hybridized carbons (Fsp3) is 0.440. The number of ether oxygens (including phenoxy) is 1. The average molecular weight is 488 g/mol. The van der Waals surface area contributed by atoms with Crippen LogP contribution in [0.1, 0.15) is 42.6 Å². The van der Waals surface area contributed by atoms with E-state index in [1.807, 2.05) is 20.8 Å². The number of carbonyl (C=O) groups excluding carboxylic acids is 2. The van der Waals surface area contributed by atoms with E-state index in [2.05, 4.69) is 10.6 Å². The molecule has 0 aromatic heterocycles. The highest BCUT2D eigenvalue weighted by atomic mass is 32.2. The third-order valence-corrected chi connectivity index (χ3v) is 7.89. The molecule has 0 spiro atoms. The molecule has 0 bridgehead atoms. The van der Waals surface area contributed by atoms with Crippen molar-refractivity contribution in [1.82, 2.24) is 14.9 Å². The number of benzene rings is 2. The van der Waals surface area contributed by atoms with Crippen molar-refractivity contribution in [2.75, 3.05) is 20.2 Å². The lowest BCUT2D eigenvalue weighted by Crippen LogP contribution is -2.54. The Morgan fingerprint density at radius 1 is 0.971 bits per heavy atom. The van der Waals surface area contributed by atoms with E-state index in [0.717, 1.165) is 5.56 Å². The Bertz CT molecular complexity index is 1090. The molecule has 1 heterocycles. The molecule has 0 unspecified atom stereocenters. The Morgan fingerprint density at radius 2 is 1.56 bits per heavy atom. The first-order chi connectivity index (χ1) is 16.1. The minimum atomic E-state index is -3.61. The van der Waals surface area contributed by atoms with E-state index >= 15 is 0 Å². The molecule has 8 nitrogen and oxygen atoms in total. The minimum absolute atomic E-state index is 0.0881. The Kier molecular flexibility index (Phi) is 8.33. The second kappa shape index (κ2) is 11.0. The van der Waals surface area contributed by atoms with E-state index in [4.69, 9.17) is 4.74 Å². The first-order valence-corrected chi connectivity index (χ1v) is 12.9. The van der Waals surface area contributed by atoms with Gasteiger partial charge in [-0.2, -0.15) is 4.31 Å². The van der Waals surface area contributed by atoms with Crippen molar-refractivity contribution < 1.29 is 22.7 Å². The van der Waals surface area contributed by atoms with Crippen LogP contribution in [-0.4, -0.2) is 56.8 Å². The first kappa shape index (κ1) is 25.7. The highest BCUT2D eigenvalue weighted by Crippen LogP contribution is 2.26. The average Bonchev–Trinajstić information content (AvgIpc) is 2.82. The zero-order valence-corrected chi connectivity index (χ0v) is 20.9. The number of piperidine rings is 1.